The van der Waals surface area contributed by atoms with Crippen LogP contribution in [0.3, 0.4) is 0 Å². The number of benzene rings is 2. The van der Waals surface area contributed by atoms with Crippen LogP contribution in [-0.4, -0.2) is 34.0 Å². The van der Waals surface area contributed by atoms with E-state index >= 15 is 0 Å². The maximum absolute atomic E-state index is 13.2. The van der Waals surface area contributed by atoms with Crippen LogP contribution in [0.5, 0.6) is 11.5 Å². The molecule has 168 valence electrons. The number of halogens is 3. The maximum atomic E-state index is 13.2. The molecule has 2 aromatic carbocycles. The van der Waals surface area contributed by atoms with Gasteiger partial charge in [-0.05, 0) is 48.0 Å². The SMILES string of the molecule is COc1c(Cl)cc(Cl)cc1/C(O)=C1\C(=O)C(=O)N(c2cc(Cl)ccc2O)C1c1ccncc1. The number of aliphatic hydroxyl groups excluding tert-OH is 1. The number of hydrogen-bond acceptors (Lipinski definition) is 6. The number of carbonyl (C=O) groups is 2. The molecule has 1 unspecified atom stereocenters. The van der Waals surface area contributed by atoms with Crippen LogP contribution in [0.15, 0.2) is 60.4 Å². The van der Waals surface area contributed by atoms with Crippen molar-refractivity contribution in [3.05, 3.63) is 86.6 Å². The van der Waals surface area contributed by atoms with E-state index in [0.29, 0.717) is 5.56 Å². The summed E-state index contributed by atoms with van der Waals surface area (Å²) in [5, 5.41) is 22.2. The minimum atomic E-state index is -1.11. The van der Waals surface area contributed by atoms with E-state index in [2.05, 4.69) is 4.98 Å². The fraction of sp³-hybridized carbons (Fsp3) is 0.0870. The first kappa shape index (κ1) is 22.9. The molecule has 0 bridgehead atoms. The van der Waals surface area contributed by atoms with Crippen molar-refractivity contribution in [2.24, 2.45) is 0 Å². The van der Waals surface area contributed by atoms with Gasteiger partial charge in [0, 0.05) is 22.4 Å². The highest BCUT2D eigenvalue weighted by atomic mass is 35.5. The number of Topliss-reactive ketones (excluding diaryl/α,β-unsaturated/α-hetero) is 1. The van der Waals surface area contributed by atoms with E-state index in [1.54, 1.807) is 12.1 Å². The van der Waals surface area contributed by atoms with Crippen LogP contribution < -0.4 is 9.64 Å². The Morgan fingerprint density at radius 1 is 1.03 bits per heavy atom. The molecular weight excluding hydrogens is 491 g/mol. The van der Waals surface area contributed by atoms with Gasteiger partial charge >= 0.3 is 0 Å². The van der Waals surface area contributed by atoms with Crippen molar-refractivity contribution < 1.29 is 24.5 Å². The Morgan fingerprint density at radius 3 is 2.39 bits per heavy atom. The number of aromatic nitrogens is 1. The zero-order chi connectivity index (χ0) is 23.9. The van der Waals surface area contributed by atoms with Gasteiger partial charge in [0.2, 0.25) is 0 Å². The van der Waals surface area contributed by atoms with Gasteiger partial charge in [-0.15, -0.1) is 0 Å². The summed E-state index contributed by atoms with van der Waals surface area (Å²) in [7, 11) is 1.34. The number of pyridine rings is 1. The summed E-state index contributed by atoms with van der Waals surface area (Å²) in [6.45, 7) is 0. The Morgan fingerprint density at radius 2 is 1.73 bits per heavy atom. The normalized spacial score (nSPS) is 17.5. The molecule has 2 N–H and O–H groups in total. The molecule has 7 nitrogen and oxygen atoms in total. The quantitative estimate of drug-likeness (QED) is 0.280. The molecule has 1 aliphatic heterocycles. The number of aliphatic hydroxyl groups is 1. The topological polar surface area (TPSA) is 100.0 Å². The number of methoxy groups -OCH3 is 1. The zero-order valence-electron chi connectivity index (χ0n) is 16.9. The number of rotatable bonds is 4. The number of phenolic OH excluding ortho intramolecular Hbond substituents is 1. The Labute approximate surface area is 203 Å². The van der Waals surface area contributed by atoms with Gasteiger partial charge in [-0.2, -0.15) is 0 Å². The molecule has 0 spiro atoms. The predicted molar refractivity (Wildman–Crippen MR) is 125 cm³/mol. The van der Waals surface area contributed by atoms with Crippen molar-refractivity contribution in [2.45, 2.75) is 6.04 Å². The standard InChI is InChI=1S/C23H15Cl3N2O5/c1-33-22-14(8-13(25)9-15(22)26)20(30)18-19(11-4-6-27-7-5-11)28(23(32)21(18)31)16-10-12(24)2-3-17(16)29/h2-10,19,29-30H,1H3/b20-18+. The molecule has 33 heavy (non-hydrogen) atoms. The summed E-state index contributed by atoms with van der Waals surface area (Å²) in [5.74, 6) is -2.69. The molecule has 0 saturated carbocycles. The Bertz CT molecular complexity index is 1310. The molecule has 1 amide bonds. The average molecular weight is 506 g/mol. The van der Waals surface area contributed by atoms with Crippen LogP contribution in [-0.2, 0) is 9.59 Å². The summed E-state index contributed by atoms with van der Waals surface area (Å²) >= 11 is 18.4. The Balaban J connectivity index is 2.03. The van der Waals surface area contributed by atoms with Crippen molar-refractivity contribution in [3.8, 4) is 11.5 Å². The molecule has 1 atom stereocenters. The van der Waals surface area contributed by atoms with E-state index in [4.69, 9.17) is 39.5 Å². The van der Waals surface area contributed by atoms with Crippen molar-refractivity contribution >= 4 is 57.9 Å². The molecule has 4 rings (SSSR count). The molecule has 1 aliphatic rings. The molecule has 1 saturated heterocycles. The zero-order valence-corrected chi connectivity index (χ0v) is 19.2. The smallest absolute Gasteiger partial charge is 0.300 e. The first-order valence-corrected chi connectivity index (χ1v) is 10.6. The van der Waals surface area contributed by atoms with Gasteiger partial charge in [-0.25, -0.2) is 0 Å². The lowest BCUT2D eigenvalue weighted by molar-refractivity contribution is -0.132. The number of hydrogen-bond donors (Lipinski definition) is 2. The number of ketones is 1. The van der Waals surface area contributed by atoms with Crippen molar-refractivity contribution in [1.82, 2.24) is 4.98 Å². The van der Waals surface area contributed by atoms with Gasteiger partial charge in [0.15, 0.2) is 0 Å². The van der Waals surface area contributed by atoms with Crippen LogP contribution >= 0.6 is 34.8 Å². The van der Waals surface area contributed by atoms with Gasteiger partial charge in [0.25, 0.3) is 11.7 Å². The summed E-state index contributed by atoms with van der Waals surface area (Å²) < 4.78 is 5.30. The molecule has 1 aromatic heterocycles. The second kappa shape index (κ2) is 8.94. The number of nitrogens with zero attached hydrogens (tertiary/aromatic N) is 2. The number of phenols is 1. The minimum Gasteiger partial charge on any atom is -0.507 e. The highest BCUT2D eigenvalue weighted by molar-refractivity contribution is 6.52. The monoisotopic (exact) mass is 504 g/mol. The van der Waals surface area contributed by atoms with Crippen molar-refractivity contribution in [1.29, 1.82) is 0 Å². The summed E-state index contributed by atoms with van der Waals surface area (Å²) in [6, 6.07) is 8.95. The van der Waals surface area contributed by atoms with Crippen molar-refractivity contribution in [2.75, 3.05) is 12.0 Å². The number of amides is 1. The molecule has 0 aliphatic carbocycles. The van der Waals surface area contributed by atoms with Crippen LogP contribution in [0.4, 0.5) is 5.69 Å². The minimum absolute atomic E-state index is 0.00144. The van der Waals surface area contributed by atoms with E-state index in [9.17, 15) is 19.8 Å². The van der Waals surface area contributed by atoms with Crippen LogP contribution in [0.25, 0.3) is 5.76 Å². The molecule has 10 heteroatoms. The van der Waals surface area contributed by atoms with Gasteiger partial charge in [0.1, 0.15) is 17.3 Å². The number of anilines is 1. The lowest BCUT2D eigenvalue weighted by atomic mass is 9.95. The van der Waals surface area contributed by atoms with Gasteiger partial charge in [-0.3, -0.25) is 19.5 Å². The second-order valence-corrected chi connectivity index (χ2v) is 8.33. The van der Waals surface area contributed by atoms with Gasteiger partial charge in [-0.1, -0.05) is 34.8 Å². The maximum Gasteiger partial charge on any atom is 0.300 e. The molecule has 1 fully saturated rings. The van der Waals surface area contributed by atoms with Crippen molar-refractivity contribution in [3.63, 3.8) is 0 Å². The summed E-state index contributed by atoms with van der Waals surface area (Å²) in [5.41, 5.74) is 0.239. The molecule has 2 heterocycles. The van der Waals surface area contributed by atoms with Gasteiger partial charge < -0.3 is 14.9 Å². The van der Waals surface area contributed by atoms with E-state index in [1.165, 1.54) is 49.8 Å². The number of aromatic hydroxyl groups is 1. The third-order valence-corrected chi connectivity index (χ3v) is 5.86. The first-order chi connectivity index (χ1) is 15.7. The fourth-order valence-electron chi connectivity index (χ4n) is 3.72. The van der Waals surface area contributed by atoms with E-state index < -0.39 is 23.5 Å². The van der Waals surface area contributed by atoms with Crippen LogP contribution in [0.1, 0.15) is 17.2 Å². The largest absolute Gasteiger partial charge is 0.507 e. The molecule has 0 radical (unpaired) electrons. The second-order valence-electron chi connectivity index (χ2n) is 7.05. The fourth-order valence-corrected chi connectivity index (χ4v) is 4.46. The van der Waals surface area contributed by atoms with E-state index in [1.807, 2.05) is 0 Å². The van der Waals surface area contributed by atoms with E-state index in [0.717, 1.165) is 4.90 Å². The number of carbonyl (C=O) groups excluding carboxylic acids is 2. The lowest BCUT2D eigenvalue weighted by Crippen LogP contribution is -2.29. The Hall–Kier alpha value is -3.26. The third kappa shape index (κ3) is 3.99. The summed E-state index contributed by atoms with van der Waals surface area (Å²) in [6.07, 6.45) is 2.95. The third-order valence-electron chi connectivity index (χ3n) is 5.13. The van der Waals surface area contributed by atoms with Crippen LogP contribution in [0.2, 0.25) is 15.1 Å². The van der Waals surface area contributed by atoms with E-state index in [-0.39, 0.29) is 43.4 Å². The van der Waals surface area contributed by atoms with Crippen LogP contribution in [0, 0.1) is 0 Å². The summed E-state index contributed by atoms with van der Waals surface area (Å²) in [4.78, 5) is 31.4. The molecule has 3 aromatic rings. The average Bonchev–Trinajstić information content (AvgIpc) is 3.05. The molecular formula is C23H15Cl3N2O5. The lowest BCUT2D eigenvalue weighted by Gasteiger charge is -2.26. The highest BCUT2D eigenvalue weighted by Gasteiger charge is 2.48. The number of ether oxygens (including phenoxy) is 1. The first-order valence-electron chi connectivity index (χ1n) is 9.47. The predicted octanol–water partition coefficient (Wildman–Crippen LogP) is 5.38. The Kier molecular flexibility index (Phi) is 6.21. The van der Waals surface area contributed by atoms with Gasteiger partial charge in [0.05, 0.1) is 35.0 Å². The highest BCUT2D eigenvalue weighted by Crippen LogP contribution is 2.47.